The summed E-state index contributed by atoms with van der Waals surface area (Å²) in [6, 6.07) is 6.67. The lowest BCUT2D eigenvalue weighted by Gasteiger charge is -2.17. The van der Waals surface area contributed by atoms with Gasteiger partial charge in [0, 0.05) is 12.1 Å². The molecule has 5 nitrogen and oxygen atoms in total. The zero-order valence-electron chi connectivity index (χ0n) is 12.5. The first-order valence-electron chi connectivity index (χ1n) is 7.12. The van der Waals surface area contributed by atoms with E-state index in [0.717, 1.165) is 18.0 Å². The molecule has 0 amide bonds. The second kappa shape index (κ2) is 6.06. The fourth-order valence-electron chi connectivity index (χ4n) is 2.38. The van der Waals surface area contributed by atoms with Gasteiger partial charge in [-0.2, -0.15) is 27.8 Å². The van der Waals surface area contributed by atoms with Crippen LogP contribution in [0.15, 0.2) is 36.7 Å². The topological polar surface area (TPSA) is 55.1 Å². The number of anilines is 1. The van der Waals surface area contributed by atoms with Gasteiger partial charge in [0.15, 0.2) is 5.69 Å². The van der Waals surface area contributed by atoms with Crippen LogP contribution >= 0.6 is 0 Å². The van der Waals surface area contributed by atoms with Gasteiger partial charge in [-0.05, 0) is 31.0 Å². The molecular formula is C15H13F4N5. The van der Waals surface area contributed by atoms with Crippen LogP contribution < -0.4 is 5.32 Å². The first kappa shape index (κ1) is 16.2. The molecule has 0 spiro atoms. The highest BCUT2D eigenvalue weighted by atomic mass is 19.4. The van der Waals surface area contributed by atoms with Crippen LogP contribution in [0.25, 0.3) is 5.78 Å². The van der Waals surface area contributed by atoms with Crippen molar-refractivity contribution in [1.29, 1.82) is 0 Å². The summed E-state index contributed by atoms with van der Waals surface area (Å²) in [5.74, 6) is -0.388. The summed E-state index contributed by atoms with van der Waals surface area (Å²) < 4.78 is 53.2. The zero-order chi connectivity index (χ0) is 17.3. The fourth-order valence-corrected chi connectivity index (χ4v) is 2.38. The molecule has 2 aromatic heterocycles. The number of alkyl halides is 3. The van der Waals surface area contributed by atoms with E-state index in [0.29, 0.717) is 6.42 Å². The summed E-state index contributed by atoms with van der Waals surface area (Å²) in [6.45, 7) is 1.78. The molecule has 0 saturated heterocycles. The Hall–Kier alpha value is -2.71. The number of benzene rings is 1. The fraction of sp³-hybridized carbons (Fsp3) is 0.267. The van der Waals surface area contributed by atoms with Crippen LogP contribution in [0.1, 0.15) is 18.2 Å². The van der Waals surface area contributed by atoms with Gasteiger partial charge in [-0.15, -0.1) is 0 Å². The molecule has 24 heavy (non-hydrogen) atoms. The van der Waals surface area contributed by atoms with Crippen molar-refractivity contribution in [3.05, 3.63) is 53.7 Å². The Kier molecular flexibility index (Phi) is 4.08. The summed E-state index contributed by atoms with van der Waals surface area (Å²) >= 11 is 0. The third-order valence-corrected chi connectivity index (χ3v) is 3.37. The van der Waals surface area contributed by atoms with Crippen LogP contribution in [0.4, 0.5) is 23.4 Å². The minimum atomic E-state index is -4.59. The van der Waals surface area contributed by atoms with Gasteiger partial charge in [0.1, 0.15) is 18.0 Å². The van der Waals surface area contributed by atoms with Crippen molar-refractivity contribution in [3.8, 4) is 0 Å². The maximum absolute atomic E-state index is 13.2. The second-order valence-corrected chi connectivity index (χ2v) is 5.38. The molecule has 2 heterocycles. The molecule has 126 valence electrons. The average Bonchev–Trinajstić information content (AvgIpc) is 2.94. The second-order valence-electron chi connectivity index (χ2n) is 5.38. The molecule has 0 aliphatic heterocycles. The highest BCUT2D eigenvalue weighted by Crippen LogP contribution is 2.29. The lowest BCUT2D eigenvalue weighted by molar-refractivity contribution is -0.141. The van der Waals surface area contributed by atoms with Gasteiger partial charge in [0.05, 0.1) is 0 Å². The molecule has 1 unspecified atom stereocenters. The first-order valence-corrected chi connectivity index (χ1v) is 7.12. The summed E-state index contributed by atoms with van der Waals surface area (Å²) in [5, 5.41) is 6.82. The average molecular weight is 339 g/mol. The van der Waals surface area contributed by atoms with Crippen LogP contribution in [-0.4, -0.2) is 25.6 Å². The maximum Gasteiger partial charge on any atom is 0.433 e. The van der Waals surface area contributed by atoms with Crippen LogP contribution in [0.5, 0.6) is 0 Å². The largest absolute Gasteiger partial charge is 0.433 e. The molecule has 0 aliphatic carbocycles. The third-order valence-electron chi connectivity index (χ3n) is 3.37. The van der Waals surface area contributed by atoms with Crippen molar-refractivity contribution in [2.24, 2.45) is 0 Å². The normalized spacial score (nSPS) is 13.2. The lowest BCUT2D eigenvalue weighted by atomic mass is 10.1. The van der Waals surface area contributed by atoms with E-state index in [2.05, 4.69) is 20.4 Å². The number of rotatable bonds is 4. The van der Waals surface area contributed by atoms with Gasteiger partial charge in [0.2, 0.25) is 0 Å². The minimum absolute atomic E-state index is 0.119. The first-order chi connectivity index (χ1) is 11.3. The zero-order valence-corrected chi connectivity index (χ0v) is 12.5. The van der Waals surface area contributed by atoms with Gasteiger partial charge < -0.3 is 5.32 Å². The molecule has 3 aromatic rings. The monoisotopic (exact) mass is 339 g/mol. The van der Waals surface area contributed by atoms with E-state index < -0.39 is 11.9 Å². The van der Waals surface area contributed by atoms with Crippen molar-refractivity contribution in [1.82, 2.24) is 19.6 Å². The molecule has 0 saturated carbocycles. The summed E-state index contributed by atoms with van der Waals surface area (Å²) in [7, 11) is 0. The molecule has 0 bridgehead atoms. The quantitative estimate of drug-likeness (QED) is 0.741. The molecule has 1 atom stereocenters. The number of fused-ring (bicyclic) bond motifs is 1. The van der Waals surface area contributed by atoms with Crippen molar-refractivity contribution in [2.75, 3.05) is 5.32 Å². The molecule has 0 aliphatic rings. The Labute approximate surface area is 134 Å². The molecule has 0 radical (unpaired) electrons. The smallest absolute Gasteiger partial charge is 0.367 e. The SMILES string of the molecule is CC(Cc1cccc(F)c1)Nc1cc(C(F)(F)F)nc2ncnn12. The van der Waals surface area contributed by atoms with Crippen LogP contribution in [-0.2, 0) is 12.6 Å². The predicted octanol–water partition coefficient (Wildman–Crippen LogP) is 3.33. The number of aromatic nitrogens is 4. The van der Waals surface area contributed by atoms with Crippen molar-refractivity contribution < 1.29 is 17.6 Å². The number of nitrogens with zero attached hydrogens (tertiary/aromatic N) is 4. The Morgan fingerprint density at radius 3 is 2.75 bits per heavy atom. The highest BCUT2D eigenvalue weighted by Gasteiger charge is 2.34. The molecular weight excluding hydrogens is 326 g/mol. The van der Waals surface area contributed by atoms with Crippen LogP contribution in [0, 0.1) is 5.82 Å². The van der Waals surface area contributed by atoms with Crippen molar-refractivity contribution in [3.63, 3.8) is 0 Å². The standard InChI is InChI=1S/C15H13F4N5/c1-9(5-10-3-2-4-11(16)6-10)22-13-7-12(15(17,18)19)23-14-20-8-21-24(13)14/h2-4,6-9,22H,5H2,1H3. The molecule has 3 rings (SSSR count). The van der Waals surface area contributed by atoms with Gasteiger partial charge in [-0.3, -0.25) is 0 Å². The number of hydrogen-bond acceptors (Lipinski definition) is 4. The Balaban J connectivity index is 1.87. The Bertz CT molecular complexity index is 858. The molecule has 1 N–H and O–H groups in total. The Morgan fingerprint density at radius 1 is 1.25 bits per heavy atom. The predicted molar refractivity (Wildman–Crippen MR) is 79.0 cm³/mol. The summed E-state index contributed by atoms with van der Waals surface area (Å²) in [5.41, 5.74) is -0.321. The van der Waals surface area contributed by atoms with E-state index in [-0.39, 0.29) is 23.5 Å². The number of hydrogen-bond donors (Lipinski definition) is 1. The number of nitrogens with one attached hydrogen (secondary N) is 1. The van der Waals surface area contributed by atoms with E-state index in [4.69, 9.17) is 0 Å². The molecule has 0 fully saturated rings. The third kappa shape index (κ3) is 3.44. The van der Waals surface area contributed by atoms with Crippen molar-refractivity contribution >= 4 is 11.6 Å². The van der Waals surface area contributed by atoms with E-state index in [9.17, 15) is 17.6 Å². The molecule has 9 heteroatoms. The van der Waals surface area contributed by atoms with E-state index >= 15 is 0 Å². The maximum atomic E-state index is 13.2. The van der Waals surface area contributed by atoms with Gasteiger partial charge in [0.25, 0.3) is 5.78 Å². The van der Waals surface area contributed by atoms with Crippen LogP contribution in [0.3, 0.4) is 0 Å². The van der Waals surface area contributed by atoms with Gasteiger partial charge in [-0.25, -0.2) is 9.37 Å². The molecule has 1 aromatic carbocycles. The van der Waals surface area contributed by atoms with Crippen molar-refractivity contribution in [2.45, 2.75) is 25.6 Å². The van der Waals surface area contributed by atoms with Gasteiger partial charge in [-0.1, -0.05) is 12.1 Å². The van der Waals surface area contributed by atoms with Crippen LogP contribution in [0.2, 0.25) is 0 Å². The lowest BCUT2D eigenvalue weighted by Crippen LogP contribution is -2.21. The van der Waals surface area contributed by atoms with E-state index in [1.165, 1.54) is 16.6 Å². The Morgan fingerprint density at radius 2 is 2.04 bits per heavy atom. The van der Waals surface area contributed by atoms with Gasteiger partial charge >= 0.3 is 6.18 Å². The van der Waals surface area contributed by atoms with E-state index in [1.54, 1.807) is 19.1 Å². The van der Waals surface area contributed by atoms with E-state index in [1.807, 2.05) is 0 Å². The number of halogens is 4. The summed E-state index contributed by atoms with van der Waals surface area (Å²) in [4.78, 5) is 7.15. The minimum Gasteiger partial charge on any atom is -0.367 e. The highest BCUT2D eigenvalue weighted by molar-refractivity contribution is 5.46. The summed E-state index contributed by atoms with van der Waals surface area (Å²) in [6.07, 6.45) is -3.03.